The molecule has 0 saturated heterocycles. The fraction of sp³-hybridized carbons (Fsp3) is 0.500. The van der Waals surface area contributed by atoms with E-state index in [1.165, 1.54) is 12.1 Å². The summed E-state index contributed by atoms with van der Waals surface area (Å²) in [5, 5.41) is 9.48. The van der Waals surface area contributed by atoms with Crippen LogP contribution in [0.25, 0.3) is 0 Å². The lowest BCUT2D eigenvalue weighted by atomic mass is 10.1. The number of aliphatic hydroxyl groups excluding tert-OH is 1. The van der Waals surface area contributed by atoms with Crippen molar-refractivity contribution < 1.29 is 14.2 Å². The molecule has 0 bridgehead atoms. The van der Waals surface area contributed by atoms with E-state index >= 15 is 0 Å². The molecule has 1 aromatic carbocycles. The molecule has 0 heterocycles. The fourth-order valence-corrected chi connectivity index (χ4v) is 1.32. The molecule has 90 valence electrons. The highest BCUT2D eigenvalue weighted by molar-refractivity contribution is 5.35. The molecule has 3 nitrogen and oxygen atoms in total. The smallest absolute Gasteiger partial charge is 0.125 e. The van der Waals surface area contributed by atoms with Gasteiger partial charge in [0.1, 0.15) is 18.2 Å². The summed E-state index contributed by atoms with van der Waals surface area (Å²) in [6.45, 7) is 2.88. The summed E-state index contributed by atoms with van der Waals surface area (Å²) in [4.78, 5) is 1.99. The third kappa shape index (κ3) is 3.79. The van der Waals surface area contributed by atoms with E-state index in [1.807, 2.05) is 19.0 Å². The summed E-state index contributed by atoms with van der Waals surface area (Å²) in [6, 6.07) is 4.18. The van der Waals surface area contributed by atoms with Crippen LogP contribution in [0.3, 0.4) is 0 Å². The zero-order chi connectivity index (χ0) is 12.1. The fourth-order valence-electron chi connectivity index (χ4n) is 1.32. The summed E-state index contributed by atoms with van der Waals surface area (Å²) in [5.41, 5.74) is 0.485. The first-order valence-corrected chi connectivity index (χ1v) is 5.25. The first kappa shape index (κ1) is 12.9. The van der Waals surface area contributed by atoms with E-state index in [9.17, 15) is 9.50 Å². The van der Waals surface area contributed by atoms with Crippen molar-refractivity contribution in [2.24, 2.45) is 0 Å². The Morgan fingerprint density at radius 2 is 2.12 bits per heavy atom. The molecule has 0 aliphatic heterocycles. The van der Waals surface area contributed by atoms with Crippen molar-refractivity contribution in [3.63, 3.8) is 0 Å². The Kier molecular flexibility index (Phi) is 4.71. The maximum atomic E-state index is 13.0. The normalized spacial score (nSPS) is 12.9. The van der Waals surface area contributed by atoms with Crippen LogP contribution in [-0.4, -0.2) is 37.3 Å². The maximum Gasteiger partial charge on any atom is 0.125 e. The molecular weight excluding hydrogens is 209 g/mol. The molecule has 4 heteroatoms. The monoisotopic (exact) mass is 227 g/mol. The number of hydrogen-bond acceptors (Lipinski definition) is 3. The molecule has 0 saturated carbocycles. The quantitative estimate of drug-likeness (QED) is 0.832. The zero-order valence-corrected chi connectivity index (χ0v) is 9.90. The predicted molar refractivity (Wildman–Crippen MR) is 61.1 cm³/mol. The molecule has 0 radical (unpaired) electrons. The maximum absolute atomic E-state index is 13.0. The van der Waals surface area contributed by atoms with Crippen molar-refractivity contribution in [1.82, 2.24) is 4.90 Å². The van der Waals surface area contributed by atoms with E-state index in [2.05, 4.69) is 0 Å². The minimum atomic E-state index is -0.731. The Balaban J connectivity index is 2.71. The number of benzene rings is 1. The molecule has 0 aliphatic carbocycles. The number of nitrogens with zero attached hydrogens (tertiary/aromatic N) is 1. The summed E-state index contributed by atoms with van der Waals surface area (Å²) in [6.07, 6.45) is -0.731. The third-order valence-electron chi connectivity index (χ3n) is 2.22. The standard InChI is InChI=1S/C12H18FNO2/c1-9(15)11-8-10(13)4-5-12(11)16-7-6-14(2)3/h4-5,8-9,15H,6-7H2,1-3H3. The van der Waals surface area contributed by atoms with Gasteiger partial charge in [0.05, 0.1) is 6.10 Å². The van der Waals surface area contributed by atoms with Gasteiger partial charge in [-0.3, -0.25) is 0 Å². The van der Waals surface area contributed by atoms with Crippen LogP contribution in [0, 0.1) is 5.82 Å². The second kappa shape index (κ2) is 5.82. The molecule has 0 spiro atoms. The molecule has 0 aromatic heterocycles. The van der Waals surface area contributed by atoms with Crippen molar-refractivity contribution in [2.45, 2.75) is 13.0 Å². The van der Waals surface area contributed by atoms with Crippen molar-refractivity contribution >= 4 is 0 Å². The largest absolute Gasteiger partial charge is 0.492 e. The van der Waals surface area contributed by atoms with Crippen molar-refractivity contribution in [3.8, 4) is 5.75 Å². The summed E-state index contributed by atoms with van der Waals surface area (Å²) in [7, 11) is 3.90. The topological polar surface area (TPSA) is 32.7 Å². The van der Waals surface area contributed by atoms with Gasteiger partial charge in [0, 0.05) is 12.1 Å². The lowest BCUT2D eigenvalue weighted by Crippen LogP contribution is -2.19. The van der Waals surface area contributed by atoms with Crippen LogP contribution >= 0.6 is 0 Å². The van der Waals surface area contributed by atoms with Gasteiger partial charge in [0.15, 0.2) is 0 Å². The molecule has 1 rings (SSSR count). The van der Waals surface area contributed by atoms with E-state index < -0.39 is 6.10 Å². The van der Waals surface area contributed by atoms with E-state index in [4.69, 9.17) is 4.74 Å². The minimum Gasteiger partial charge on any atom is -0.492 e. The second-order valence-corrected chi connectivity index (χ2v) is 4.01. The van der Waals surface area contributed by atoms with Gasteiger partial charge in [-0.05, 0) is 39.2 Å². The van der Waals surface area contributed by atoms with E-state index in [0.717, 1.165) is 6.54 Å². The number of rotatable bonds is 5. The van der Waals surface area contributed by atoms with Gasteiger partial charge in [-0.15, -0.1) is 0 Å². The highest BCUT2D eigenvalue weighted by Gasteiger charge is 2.10. The molecule has 0 amide bonds. The number of halogens is 1. The summed E-state index contributed by atoms with van der Waals surface area (Å²) in [5.74, 6) is 0.175. The van der Waals surface area contributed by atoms with Crippen LogP contribution in [-0.2, 0) is 0 Å². The summed E-state index contributed by atoms with van der Waals surface area (Å²) < 4.78 is 18.5. The van der Waals surface area contributed by atoms with E-state index in [1.54, 1.807) is 13.0 Å². The lowest BCUT2D eigenvalue weighted by Gasteiger charge is -2.15. The lowest BCUT2D eigenvalue weighted by molar-refractivity contribution is 0.188. The second-order valence-electron chi connectivity index (χ2n) is 4.01. The Hall–Kier alpha value is -1.13. The Morgan fingerprint density at radius 1 is 1.44 bits per heavy atom. The van der Waals surface area contributed by atoms with Gasteiger partial charge in [0.25, 0.3) is 0 Å². The molecule has 1 aromatic rings. The zero-order valence-electron chi connectivity index (χ0n) is 9.90. The number of hydrogen-bond donors (Lipinski definition) is 1. The van der Waals surface area contributed by atoms with Gasteiger partial charge in [-0.2, -0.15) is 0 Å². The number of likely N-dealkylation sites (N-methyl/N-ethyl adjacent to an activating group) is 1. The van der Waals surface area contributed by atoms with Gasteiger partial charge in [-0.25, -0.2) is 4.39 Å². The highest BCUT2D eigenvalue weighted by Crippen LogP contribution is 2.25. The van der Waals surface area contributed by atoms with Gasteiger partial charge in [-0.1, -0.05) is 0 Å². The van der Waals surface area contributed by atoms with Crippen molar-refractivity contribution in [1.29, 1.82) is 0 Å². The third-order valence-corrected chi connectivity index (χ3v) is 2.22. The van der Waals surface area contributed by atoms with Gasteiger partial charge < -0.3 is 14.7 Å². The average Bonchev–Trinajstić information content (AvgIpc) is 2.19. The Labute approximate surface area is 95.5 Å². The van der Waals surface area contributed by atoms with Crippen molar-refractivity contribution in [3.05, 3.63) is 29.6 Å². The Morgan fingerprint density at radius 3 is 2.69 bits per heavy atom. The Bertz CT molecular complexity index is 340. The van der Waals surface area contributed by atoms with Crippen LogP contribution in [0.15, 0.2) is 18.2 Å². The van der Waals surface area contributed by atoms with Crippen LogP contribution in [0.2, 0.25) is 0 Å². The van der Waals surface area contributed by atoms with Gasteiger partial charge in [0.2, 0.25) is 0 Å². The molecular formula is C12H18FNO2. The SMILES string of the molecule is CC(O)c1cc(F)ccc1OCCN(C)C. The summed E-state index contributed by atoms with van der Waals surface area (Å²) >= 11 is 0. The molecule has 1 N–H and O–H groups in total. The van der Waals surface area contributed by atoms with Gasteiger partial charge >= 0.3 is 0 Å². The molecule has 0 fully saturated rings. The van der Waals surface area contributed by atoms with Crippen LogP contribution < -0.4 is 4.74 Å². The minimum absolute atomic E-state index is 0.365. The van der Waals surface area contributed by atoms with Crippen molar-refractivity contribution in [2.75, 3.05) is 27.2 Å². The van der Waals surface area contributed by atoms with Crippen LogP contribution in [0.4, 0.5) is 4.39 Å². The van der Waals surface area contributed by atoms with Crippen LogP contribution in [0.1, 0.15) is 18.6 Å². The number of ether oxygens (including phenoxy) is 1. The molecule has 1 atom stereocenters. The average molecular weight is 227 g/mol. The van der Waals surface area contributed by atoms with E-state index in [-0.39, 0.29) is 5.82 Å². The molecule has 16 heavy (non-hydrogen) atoms. The molecule has 1 unspecified atom stereocenters. The number of aliphatic hydroxyl groups is 1. The first-order valence-electron chi connectivity index (χ1n) is 5.25. The van der Waals surface area contributed by atoms with E-state index in [0.29, 0.717) is 17.9 Å². The van der Waals surface area contributed by atoms with Crippen LogP contribution in [0.5, 0.6) is 5.75 Å². The molecule has 0 aliphatic rings. The predicted octanol–water partition coefficient (Wildman–Crippen LogP) is 1.82. The highest BCUT2D eigenvalue weighted by atomic mass is 19.1. The first-order chi connectivity index (χ1) is 7.50.